The van der Waals surface area contributed by atoms with E-state index >= 15 is 0 Å². The fourth-order valence-corrected chi connectivity index (χ4v) is 3.71. The van der Waals surface area contributed by atoms with E-state index in [-0.39, 0.29) is 5.63 Å². The van der Waals surface area contributed by atoms with Crippen molar-refractivity contribution >= 4 is 11.1 Å². The number of fused-ring (bicyclic) bond motifs is 1. The van der Waals surface area contributed by atoms with Crippen LogP contribution in [-0.2, 0) is 0 Å². The molecule has 0 radical (unpaired) electrons. The van der Waals surface area contributed by atoms with Crippen LogP contribution in [0, 0.1) is 0 Å². The Morgan fingerprint density at radius 1 is 0.839 bits per heavy atom. The lowest BCUT2D eigenvalue weighted by atomic mass is 10.1. The second kappa shape index (κ2) is 12.9. The van der Waals surface area contributed by atoms with E-state index in [0.717, 1.165) is 36.0 Å². The van der Waals surface area contributed by atoms with Crippen LogP contribution >= 0.6 is 0 Å². The van der Waals surface area contributed by atoms with Gasteiger partial charge in [-0.1, -0.05) is 63.5 Å². The Morgan fingerprint density at radius 3 is 2.16 bits per heavy atom. The Bertz CT molecular complexity index is 965. The summed E-state index contributed by atoms with van der Waals surface area (Å²) in [7, 11) is 0. The lowest BCUT2D eigenvalue weighted by molar-refractivity contribution is 0.282. The molecule has 0 atom stereocenters. The maximum absolute atomic E-state index is 12.3. The molecule has 3 aromatic rings. The topological polar surface area (TPSA) is 72.6 Å². The molecule has 0 aliphatic heterocycles. The summed E-state index contributed by atoms with van der Waals surface area (Å²) >= 11 is 0. The van der Waals surface area contributed by atoms with Gasteiger partial charge in [-0.2, -0.15) is 0 Å². The van der Waals surface area contributed by atoms with Crippen molar-refractivity contribution < 1.29 is 14.3 Å². The zero-order valence-corrected chi connectivity index (χ0v) is 18.2. The van der Waals surface area contributed by atoms with Crippen molar-refractivity contribution in [3.8, 4) is 16.9 Å². The predicted molar refractivity (Wildman–Crippen MR) is 124 cm³/mol. The number of aliphatic hydroxyl groups excluding tert-OH is 1. The maximum atomic E-state index is 12.3. The molecule has 1 aromatic carbocycles. The van der Waals surface area contributed by atoms with Gasteiger partial charge >= 0.3 is 5.63 Å². The molecule has 1 N–H and O–H groups in total. The van der Waals surface area contributed by atoms with E-state index < -0.39 is 0 Å². The fraction of sp³-hybridized carbons (Fsp3) is 0.462. The summed E-state index contributed by atoms with van der Waals surface area (Å²) < 4.78 is 11.2. The van der Waals surface area contributed by atoms with Crippen LogP contribution in [0.15, 0.2) is 57.9 Å². The molecule has 0 saturated carbocycles. The van der Waals surface area contributed by atoms with Gasteiger partial charge in [-0.05, 0) is 48.7 Å². The minimum absolute atomic E-state index is 0.325. The van der Waals surface area contributed by atoms with Gasteiger partial charge in [0.15, 0.2) is 0 Å². The number of unbranched alkanes of at least 4 members (excludes halogenated alkanes) is 9. The highest BCUT2D eigenvalue weighted by molar-refractivity contribution is 5.78. The van der Waals surface area contributed by atoms with Gasteiger partial charge in [0.05, 0.1) is 12.2 Å². The Kier molecular flexibility index (Phi) is 9.58. The summed E-state index contributed by atoms with van der Waals surface area (Å²) in [6.07, 6.45) is 13.6. The van der Waals surface area contributed by atoms with Crippen molar-refractivity contribution in [2.45, 2.75) is 64.2 Å². The number of aromatic nitrogens is 1. The van der Waals surface area contributed by atoms with Gasteiger partial charge in [-0.25, -0.2) is 9.78 Å². The molecule has 0 unspecified atom stereocenters. The lowest BCUT2D eigenvalue weighted by Gasteiger charge is -2.07. The molecule has 2 heterocycles. The number of aliphatic hydroxyl groups is 1. The van der Waals surface area contributed by atoms with Crippen LogP contribution in [0.5, 0.6) is 5.75 Å². The highest BCUT2D eigenvalue weighted by Gasteiger charge is 2.08. The van der Waals surface area contributed by atoms with E-state index in [9.17, 15) is 4.79 Å². The van der Waals surface area contributed by atoms with Crippen molar-refractivity contribution in [2.24, 2.45) is 0 Å². The SMILES string of the molecule is O=c1oc2ncccc2cc1-c1ccc(OCCCCCCCCCCCCO)cc1. The van der Waals surface area contributed by atoms with Crippen LogP contribution in [0.1, 0.15) is 64.2 Å². The monoisotopic (exact) mass is 423 g/mol. The van der Waals surface area contributed by atoms with Gasteiger partial charge in [0.25, 0.3) is 0 Å². The Labute approximate surface area is 184 Å². The van der Waals surface area contributed by atoms with Crippen LogP contribution in [0.4, 0.5) is 0 Å². The minimum Gasteiger partial charge on any atom is -0.494 e. The fourth-order valence-electron chi connectivity index (χ4n) is 3.71. The van der Waals surface area contributed by atoms with E-state index in [4.69, 9.17) is 14.3 Å². The van der Waals surface area contributed by atoms with Crippen molar-refractivity contribution in [2.75, 3.05) is 13.2 Å². The third-order valence-electron chi connectivity index (χ3n) is 5.50. The van der Waals surface area contributed by atoms with Gasteiger partial charge in [0, 0.05) is 18.2 Å². The standard InChI is InChI=1S/C26H33NO4/c28-18-9-7-5-3-1-2-4-6-8-10-19-30-23-15-13-21(14-16-23)24-20-22-12-11-17-27-25(22)31-26(24)29/h11-17,20,28H,1-10,18-19H2. The first kappa shape index (κ1) is 23.0. The first-order valence-corrected chi connectivity index (χ1v) is 11.5. The van der Waals surface area contributed by atoms with Gasteiger partial charge in [0.2, 0.25) is 5.71 Å². The summed E-state index contributed by atoms with van der Waals surface area (Å²) in [5.74, 6) is 0.818. The van der Waals surface area contributed by atoms with Crippen molar-refractivity contribution in [3.63, 3.8) is 0 Å². The molecule has 5 nitrogen and oxygen atoms in total. The van der Waals surface area contributed by atoms with E-state index in [1.165, 1.54) is 44.9 Å². The zero-order chi connectivity index (χ0) is 21.7. The van der Waals surface area contributed by atoms with Gasteiger partial charge in [-0.15, -0.1) is 0 Å². The van der Waals surface area contributed by atoms with Crippen molar-refractivity contribution in [3.05, 3.63) is 59.1 Å². The summed E-state index contributed by atoms with van der Waals surface area (Å²) in [6.45, 7) is 1.04. The minimum atomic E-state index is -0.384. The molecule has 0 fully saturated rings. The number of nitrogens with zero attached hydrogens (tertiary/aromatic N) is 1. The van der Waals surface area contributed by atoms with Crippen LogP contribution in [0.2, 0.25) is 0 Å². The van der Waals surface area contributed by atoms with Crippen LogP contribution < -0.4 is 10.4 Å². The highest BCUT2D eigenvalue weighted by Crippen LogP contribution is 2.23. The van der Waals surface area contributed by atoms with Crippen molar-refractivity contribution in [1.29, 1.82) is 0 Å². The normalized spacial score (nSPS) is 11.1. The maximum Gasteiger partial charge on any atom is 0.345 e. The second-order valence-electron chi connectivity index (χ2n) is 7.98. The van der Waals surface area contributed by atoms with Gasteiger partial charge in [0.1, 0.15) is 5.75 Å². The Balaban J connectivity index is 1.34. The van der Waals surface area contributed by atoms with Gasteiger partial charge in [-0.3, -0.25) is 0 Å². The smallest absolute Gasteiger partial charge is 0.345 e. The molecule has 0 aliphatic carbocycles. The summed E-state index contributed by atoms with van der Waals surface area (Å²) in [5, 5.41) is 9.56. The molecule has 0 bridgehead atoms. The number of ether oxygens (including phenoxy) is 1. The molecule has 0 aliphatic rings. The summed E-state index contributed by atoms with van der Waals surface area (Å²) in [6, 6.07) is 13.1. The third-order valence-corrected chi connectivity index (χ3v) is 5.50. The van der Waals surface area contributed by atoms with Crippen LogP contribution in [0.25, 0.3) is 22.2 Å². The molecule has 0 spiro atoms. The molecule has 0 amide bonds. The number of benzene rings is 1. The zero-order valence-electron chi connectivity index (χ0n) is 18.2. The Morgan fingerprint density at radius 2 is 1.48 bits per heavy atom. The number of hydrogen-bond acceptors (Lipinski definition) is 5. The summed E-state index contributed by atoms with van der Waals surface area (Å²) in [4.78, 5) is 16.3. The second-order valence-corrected chi connectivity index (χ2v) is 7.98. The van der Waals surface area contributed by atoms with E-state index in [0.29, 0.717) is 24.5 Å². The molecule has 5 heteroatoms. The third kappa shape index (κ3) is 7.51. The van der Waals surface area contributed by atoms with E-state index in [2.05, 4.69) is 4.98 Å². The van der Waals surface area contributed by atoms with Crippen LogP contribution in [0.3, 0.4) is 0 Å². The molecule has 3 rings (SSSR count). The first-order valence-electron chi connectivity index (χ1n) is 11.5. The first-order chi connectivity index (χ1) is 15.3. The number of rotatable bonds is 14. The molecular formula is C26H33NO4. The summed E-state index contributed by atoms with van der Waals surface area (Å²) in [5.41, 5.74) is 1.31. The average Bonchev–Trinajstić information content (AvgIpc) is 2.80. The highest BCUT2D eigenvalue weighted by atomic mass is 16.5. The van der Waals surface area contributed by atoms with Crippen LogP contribution in [-0.4, -0.2) is 23.3 Å². The largest absolute Gasteiger partial charge is 0.494 e. The molecule has 31 heavy (non-hydrogen) atoms. The molecule has 0 saturated heterocycles. The average molecular weight is 424 g/mol. The number of hydrogen-bond donors (Lipinski definition) is 1. The van der Waals surface area contributed by atoms with Gasteiger partial charge < -0.3 is 14.3 Å². The van der Waals surface area contributed by atoms with E-state index in [1.807, 2.05) is 42.5 Å². The van der Waals surface area contributed by atoms with Crippen molar-refractivity contribution in [1.82, 2.24) is 4.98 Å². The predicted octanol–water partition coefficient (Wildman–Crippen LogP) is 6.13. The number of pyridine rings is 1. The Hall–Kier alpha value is -2.66. The quantitative estimate of drug-likeness (QED) is 0.316. The molecular weight excluding hydrogens is 390 g/mol. The van der Waals surface area contributed by atoms with E-state index in [1.54, 1.807) is 6.20 Å². The molecule has 166 valence electrons. The molecule has 2 aromatic heterocycles. The lowest BCUT2D eigenvalue weighted by Crippen LogP contribution is -2.03.